The molecule has 3 aromatic carbocycles. The molecule has 1 unspecified atom stereocenters. The van der Waals surface area contributed by atoms with Crippen LogP contribution in [0.3, 0.4) is 0 Å². The molecule has 7 heteroatoms. The normalized spacial score (nSPS) is 20.4. The summed E-state index contributed by atoms with van der Waals surface area (Å²) in [5, 5.41) is 0. The Bertz CT molecular complexity index is 1480. The molecule has 40 heavy (non-hydrogen) atoms. The third kappa shape index (κ3) is 5.55. The van der Waals surface area contributed by atoms with Crippen molar-refractivity contribution >= 4 is 17.5 Å². The second kappa shape index (κ2) is 11.9. The van der Waals surface area contributed by atoms with Crippen molar-refractivity contribution in [1.29, 1.82) is 0 Å². The van der Waals surface area contributed by atoms with Gasteiger partial charge >= 0.3 is 5.97 Å². The number of allylic oxidation sites excluding steroid dienone is 2. The van der Waals surface area contributed by atoms with Gasteiger partial charge in [0.2, 0.25) is 0 Å². The molecule has 0 radical (unpaired) electrons. The number of esters is 1. The SMILES string of the molecule is COc1ccc([C@@H]2CC(=O)C3=C(C2)N=C(C)C(C(=O)OCCc2ccccc2)[C@H]3c2cccc(F)c2)cc1OC. The first-order valence-electron chi connectivity index (χ1n) is 13.4. The summed E-state index contributed by atoms with van der Waals surface area (Å²) >= 11 is 0. The van der Waals surface area contributed by atoms with Crippen LogP contribution in [0.2, 0.25) is 0 Å². The van der Waals surface area contributed by atoms with Crippen LogP contribution in [0.1, 0.15) is 48.3 Å². The molecule has 2 aliphatic rings. The van der Waals surface area contributed by atoms with Crippen molar-refractivity contribution in [3.05, 3.63) is 107 Å². The summed E-state index contributed by atoms with van der Waals surface area (Å²) in [6.45, 7) is 1.98. The van der Waals surface area contributed by atoms with Crippen molar-refractivity contribution in [3.63, 3.8) is 0 Å². The second-order valence-electron chi connectivity index (χ2n) is 10.2. The number of Topliss-reactive ketones (excluding diaryl/α,β-unsaturated/α-hetero) is 1. The highest BCUT2D eigenvalue weighted by Crippen LogP contribution is 2.47. The number of carbonyl (C=O) groups excluding carboxylic acids is 2. The lowest BCUT2D eigenvalue weighted by atomic mass is 9.69. The molecule has 206 valence electrons. The van der Waals surface area contributed by atoms with E-state index in [1.54, 1.807) is 33.3 Å². The lowest BCUT2D eigenvalue weighted by Gasteiger charge is -2.36. The van der Waals surface area contributed by atoms with Gasteiger partial charge in [0, 0.05) is 35.7 Å². The fraction of sp³-hybridized carbons (Fsp3) is 0.303. The highest BCUT2D eigenvalue weighted by atomic mass is 19.1. The maximum Gasteiger partial charge on any atom is 0.315 e. The molecule has 0 saturated heterocycles. The van der Waals surface area contributed by atoms with Crippen LogP contribution < -0.4 is 9.47 Å². The largest absolute Gasteiger partial charge is 0.493 e. The Kier molecular flexibility index (Phi) is 8.10. The molecule has 0 N–H and O–H groups in total. The zero-order valence-corrected chi connectivity index (χ0v) is 22.9. The molecule has 0 spiro atoms. The molecular weight excluding hydrogens is 509 g/mol. The number of hydrogen-bond donors (Lipinski definition) is 0. The van der Waals surface area contributed by atoms with Gasteiger partial charge in [0.05, 0.1) is 20.8 Å². The summed E-state index contributed by atoms with van der Waals surface area (Å²) in [5.74, 6) is -1.41. The Morgan fingerprint density at radius 3 is 2.42 bits per heavy atom. The van der Waals surface area contributed by atoms with Crippen LogP contribution >= 0.6 is 0 Å². The van der Waals surface area contributed by atoms with E-state index in [4.69, 9.17) is 19.2 Å². The predicted octanol–water partition coefficient (Wildman–Crippen LogP) is 6.20. The van der Waals surface area contributed by atoms with E-state index in [0.29, 0.717) is 46.9 Å². The van der Waals surface area contributed by atoms with Gasteiger partial charge in [-0.2, -0.15) is 0 Å². The van der Waals surface area contributed by atoms with Crippen molar-refractivity contribution in [1.82, 2.24) is 0 Å². The molecule has 0 saturated carbocycles. The number of benzene rings is 3. The molecule has 0 aromatic heterocycles. The quantitative estimate of drug-likeness (QED) is 0.317. The number of hydrogen-bond acceptors (Lipinski definition) is 6. The van der Waals surface area contributed by atoms with Crippen LogP contribution in [0.25, 0.3) is 0 Å². The lowest BCUT2D eigenvalue weighted by molar-refractivity contribution is -0.146. The summed E-state index contributed by atoms with van der Waals surface area (Å²) in [7, 11) is 3.15. The molecule has 6 nitrogen and oxygen atoms in total. The summed E-state index contributed by atoms with van der Waals surface area (Å²) in [6, 6.07) is 21.5. The summed E-state index contributed by atoms with van der Waals surface area (Å²) < 4.78 is 31.0. The van der Waals surface area contributed by atoms with Gasteiger partial charge in [-0.25, -0.2) is 4.39 Å². The number of rotatable bonds is 8. The Hall–Kier alpha value is -4.26. The van der Waals surface area contributed by atoms with Gasteiger partial charge < -0.3 is 14.2 Å². The molecule has 0 amide bonds. The molecule has 0 fully saturated rings. The first-order chi connectivity index (χ1) is 19.4. The van der Waals surface area contributed by atoms with Crippen LogP contribution in [-0.2, 0) is 20.7 Å². The molecule has 1 heterocycles. The molecule has 1 aliphatic heterocycles. The van der Waals surface area contributed by atoms with Crippen LogP contribution in [0.4, 0.5) is 4.39 Å². The van der Waals surface area contributed by atoms with Gasteiger partial charge in [-0.05, 0) is 60.2 Å². The number of carbonyl (C=O) groups is 2. The maximum atomic E-state index is 14.4. The van der Waals surface area contributed by atoms with Gasteiger partial charge in [0.15, 0.2) is 17.3 Å². The third-order valence-electron chi connectivity index (χ3n) is 7.71. The molecule has 5 rings (SSSR count). The van der Waals surface area contributed by atoms with Gasteiger partial charge in [0.1, 0.15) is 11.7 Å². The fourth-order valence-corrected chi connectivity index (χ4v) is 5.77. The topological polar surface area (TPSA) is 74.2 Å². The monoisotopic (exact) mass is 541 g/mol. The van der Waals surface area contributed by atoms with Crippen LogP contribution in [0.5, 0.6) is 11.5 Å². The number of ether oxygens (including phenoxy) is 3. The van der Waals surface area contributed by atoms with E-state index in [0.717, 1.165) is 11.1 Å². The van der Waals surface area contributed by atoms with Crippen molar-refractivity contribution in [2.75, 3.05) is 20.8 Å². The van der Waals surface area contributed by atoms with Crippen LogP contribution in [0, 0.1) is 11.7 Å². The standard InChI is InChI=1S/C33H32FNO5/c1-20-30(33(37)40-15-14-21-8-5-4-6-9-21)31(23-10-7-11-25(34)16-23)32-26(35-20)17-24(18-27(32)36)22-12-13-28(38-2)29(19-22)39-3/h4-13,16,19,24,30-31H,14-15,17-18H2,1-3H3/t24-,30?,31+/m0/s1. The Morgan fingerprint density at radius 1 is 0.925 bits per heavy atom. The van der Waals surface area contributed by atoms with Crippen molar-refractivity contribution in [3.8, 4) is 11.5 Å². The Balaban J connectivity index is 1.46. The van der Waals surface area contributed by atoms with E-state index < -0.39 is 23.6 Å². The maximum absolute atomic E-state index is 14.4. The molecule has 3 aromatic rings. The van der Waals surface area contributed by atoms with Gasteiger partial charge in [-0.1, -0.05) is 48.5 Å². The summed E-state index contributed by atoms with van der Waals surface area (Å²) in [5.41, 5.74) is 4.21. The number of nitrogens with zero attached hydrogens (tertiary/aromatic N) is 1. The molecule has 3 atom stereocenters. The summed E-state index contributed by atoms with van der Waals surface area (Å²) in [4.78, 5) is 32.1. The minimum absolute atomic E-state index is 0.103. The predicted molar refractivity (Wildman–Crippen MR) is 150 cm³/mol. The highest BCUT2D eigenvalue weighted by Gasteiger charge is 2.45. The first kappa shape index (κ1) is 27.3. The van der Waals surface area contributed by atoms with Crippen LogP contribution in [0.15, 0.2) is 89.1 Å². The average molecular weight is 542 g/mol. The van der Waals surface area contributed by atoms with E-state index in [-0.39, 0.29) is 24.7 Å². The minimum Gasteiger partial charge on any atom is -0.493 e. The Morgan fingerprint density at radius 2 is 1.70 bits per heavy atom. The lowest BCUT2D eigenvalue weighted by Crippen LogP contribution is -2.38. The number of halogens is 1. The van der Waals surface area contributed by atoms with Crippen molar-refractivity contribution < 1.29 is 28.2 Å². The smallest absolute Gasteiger partial charge is 0.315 e. The zero-order valence-electron chi connectivity index (χ0n) is 22.9. The van der Waals surface area contributed by atoms with Gasteiger partial charge in [-0.15, -0.1) is 0 Å². The highest BCUT2D eigenvalue weighted by molar-refractivity contribution is 6.09. The van der Waals surface area contributed by atoms with E-state index in [9.17, 15) is 14.0 Å². The van der Waals surface area contributed by atoms with E-state index in [1.165, 1.54) is 12.1 Å². The third-order valence-corrected chi connectivity index (χ3v) is 7.71. The number of aliphatic imine (C=N–C) groups is 1. The van der Waals surface area contributed by atoms with E-state index >= 15 is 0 Å². The molecular formula is C33H32FNO5. The second-order valence-corrected chi connectivity index (χ2v) is 10.2. The van der Waals surface area contributed by atoms with E-state index in [1.807, 2.05) is 48.5 Å². The van der Waals surface area contributed by atoms with Crippen molar-refractivity contribution in [2.24, 2.45) is 10.9 Å². The minimum atomic E-state index is -0.821. The zero-order chi connectivity index (χ0) is 28.2. The number of ketones is 1. The average Bonchev–Trinajstić information content (AvgIpc) is 2.96. The molecule has 0 bridgehead atoms. The first-order valence-corrected chi connectivity index (χ1v) is 13.4. The van der Waals surface area contributed by atoms with Crippen molar-refractivity contribution in [2.45, 2.75) is 38.0 Å². The fourth-order valence-electron chi connectivity index (χ4n) is 5.77. The Labute approximate surface area is 233 Å². The summed E-state index contributed by atoms with van der Waals surface area (Å²) in [6.07, 6.45) is 1.32. The number of methoxy groups -OCH3 is 2. The van der Waals surface area contributed by atoms with Gasteiger partial charge in [0.25, 0.3) is 0 Å². The van der Waals surface area contributed by atoms with Gasteiger partial charge in [-0.3, -0.25) is 14.6 Å². The van der Waals surface area contributed by atoms with E-state index in [2.05, 4.69) is 0 Å². The molecule has 1 aliphatic carbocycles. The van der Waals surface area contributed by atoms with Crippen LogP contribution in [-0.4, -0.2) is 38.3 Å².